The summed E-state index contributed by atoms with van der Waals surface area (Å²) in [7, 11) is 1.68. The highest BCUT2D eigenvalue weighted by Gasteiger charge is 2.08. The lowest BCUT2D eigenvalue weighted by Crippen LogP contribution is -2.06. The summed E-state index contributed by atoms with van der Waals surface area (Å²) in [5.41, 5.74) is 2.24. The lowest BCUT2D eigenvalue weighted by Gasteiger charge is -2.10. The molecule has 0 saturated carbocycles. The summed E-state index contributed by atoms with van der Waals surface area (Å²) in [6, 6.07) is 5.11. The minimum Gasteiger partial charge on any atom is -0.385 e. The van der Waals surface area contributed by atoms with Gasteiger partial charge in [0.05, 0.1) is 11.4 Å². The third-order valence-electron chi connectivity index (χ3n) is 3.02. The summed E-state index contributed by atoms with van der Waals surface area (Å²) < 4.78 is 20.9. The van der Waals surface area contributed by atoms with Crippen LogP contribution in [0.15, 0.2) is 24.4 Å². The largest absolute Gasteiger partial charge is 0.385 e. The van der Waals surface area contributed by atoms with Gasteiger partial charge >= 0.3 is 0 Å². The van der Waals surface area contributed by atoms with Gasteiger partial charge < -0.3 is 14.6 Å². The van der Waals surface area contributed by atoms with Gasteiger partial charge in [0, 0.05) is 26.5 Å². The van der Waals surface area contributed by atoms with Gasteiger partial charge in [-0.1, -0.05) is 6.07 Å². The van der Waals surface area contributed by atoms with E-state index in [2.05, 4.69) is 10.3 Å². The Morgan fingerprint density at radius 1 is 1.35 bits per heavy atom. The van der Waals surface area contributed by atoms with E-state index in [1.54, 1.807) is 13.2 Å². The average Bonchev–Trinajstić information content (AvgIpc) is 2.73. The Kier molecular flexibility index (Phi) is 4.74. The van der Waals surface area contributed by atoms with Crippen molar-refractivity contribution >= 4 is 11.6 Å². The molecule has 0 aliphatic rings. The molecule has 1 N–H and O–H groups in total. The lowest BCUT2D eigenvalue weighted by molar-refractivity contribution is 0.190. The normalized spacial score (nSPS) is 10.8. The molecule has 0 unspecified atom stereocenters. The van der Waals surface area contributed by atoms with Crippen molar-refractivity contribution in [2.24, 2.45) is 0 Å². The van der Waals surface area contributed by atoms with Crippen LogP contribution in [0.25, 0.3) is 0 Å². The van der Waals surface area contributed by atoms with Crippen LogP contribution in [-0.4, -0.2) is 23.3 Å². The highest BCUT2D eigenvalue weighted by molar-refractivity contribution is 5.55. The van der Waals surface area contributed by atoms with Crippen LogP contribution in [-0.2, 0) is 11.3 Å². The second-order valence-corrected chi connectivity index (χ2v) is 4.85. The monoisotopic (exact) mass is 277 g/mol. The third-order valence-corrected chi connectivity index (χ3v) is 3.02. The Morgan fingerprint density at radius 3 is 2.85 bits per heavy atom. The first-order chi connectivity index (χ1) is 9.60. The molecule has 20 heavy (non-hydrogen) atoms. The highest BCUT2D eigenvalue weighted by atomic mass is 19.1. The van der Waals surface area contributed by atoms with Crippen LogP contribution in [0.2, 0.25) is 0 Å². The Morgan fingerprint density at radius 2 is 2.15 bits per heavy atom. The summed E-state index contributed by atoms with van der Waals surface area (Å²) in [4.78, 5) is 4.39. The summed E-state index contributed by atoms with van der Waals surface area (Å²) in [5.74, 6) is 0.385. The van der Waals surface area contributed by atoms with E-state index in [4.69, 9.17) is 4.74 Å². The van der Waals surface area contributed by atoms with Crippen molar-refractivity contribution < 1.29 is 9.13 Å². The summed E-state index contributed by atoms with van der Waals surface area (Å²) >= 11 is 0. The number of hydrogen-bond acceptors (Lipinski definition) is 3. The van der Waals surface area contributed by atoms with Crippen LogP contribution < -0.4 is 5.32 Å². The molecule has 0 radical (unpaired) electrons. The predicted molar refractivity (Wildman–Crippen MR) is 77.9 cm³/mol. The minimum atomic E-state index is -0.269. The van der Waals surface area contributed by atoms with Crippen molar-refractivity contribution in [3.05, 3.63) is 41.5 Å². The van der Waals surface area contributed by atoms with Crippen molar-refractivity contribution in [2.45, 2.75) is 26.8 Å². The average molecular weight is 277 g/mol. The molecule has 1 heterocycles. The molecule has 2 rings (SSSR count). The van der Waals surface area contributed by atoms with Gasteiger partial charge in [0.1, 0.15) is 5.82 Å². The number of nitrogens with one attached hydrogen (secondary N) is 1. The van der Waals surface area contributed by atoms with Crippen molar-refractivity contribution in [3.8, 4) is 0 Å². The van der Waals surface area contributed by atoms with E-state index in [1.807, 2.05) is 30.7 Å². The number of methoxy groups -OCH3 is 1. The molecule has 108 valence electrons. The molecule has 5 heteroatoms. The maximum absolute atomic E-state index is 13.9. The molecule has 0 bridgehead atoms. The second kappa shape index (κ2) is 6.52. The van der Waals surface area contributed by atoms with Gasteiger partial charge in [-0.15, -0.1) is 0 Å². The fourth-order valence-electron chi connectivity index (χ4n) is 2.04. The molecule has 0 atom stereocenters. The fourth-order valence-corrected chi connectivity index (χ4v) is 2.04. The van der Waals surface area contributed by atoms with E-state index < -0.39 is 0 Å². The van der Waals surface area contributed by atoms with Gasteiger partial charge in [-0.3, -0.25) is 0 Å². The predicted octanol–water partition coefficient (Wildman–Crippen LogP) is 3.42. The molecular formula is C15H20FN3O. The molecule has 0 saturated heterocycles. The number of benzene rings is 1. The van der Waals surface area contributed by atoms with E-state index in [-0.39, 0.29) is 5.82 Å². The molecule has 0 aliphatic heterocycles. The van der Waals surface area contributed by atoms with Crippen molar-refractivity contribution in [3.63, 3.8) is 0 Å². The van der Waals surface area contributed by atoms with Gasteiger partial charge in [0.15, 0.2) is 0 Å². The van der Waals surface area contributed by atoms with Crippen LogP contribution >= 0.6 is 0 Å². The molecule has 0 spiro atoms. The molecular weight excluding hydrogens is 257 g/mol. The summed E-state index contributed by atoms with van der Waals surface area (Å²) in [5, 5.41) is 3.05. The number of imidazole rings is 1. The first-order valence-corrected chi connectivity index (χ1v) is 6.66. The first-order valence-electron chi connectivity index (χ1n) is 6.66. The van der Waals surface area contributed by atoms with Crippen LogP contribution in [0.4, 0.5) is 16.0 Å². The summed E-state index contributed by atoms with van der Waals surface area (Å²) in [6.07, 6.45) is 2.83. The van der Waals surface area contributed by atoms with E-state index in [0.717, 1.165) is 24.2 Å². The number of hydrogen-bond donors (Lipinski definition) is 1. The second-order valence-electron chi connectivity index (χ2n) is 4.85. The number of aromatic nitrogens is 2. The zero-order valence-electron chi connectivity index (χ0n) is 12.1. The lowest BCUT2D eigenvalue weighted by atomic mass is 10.2. The number of rotatable bonds is 6. The molecule has 1 aromatic heterocycles. The van der Waals surface area contributed by atoms with Crippen LogP contribution in [0.5, 0.6) is 0 Å². The zero-order chi connectivity index (χ0) is 14.5. The Labute approximate surface area is 118 Å². The molecule has 0 aliphatic carbocycles. The quantitative estimate of drug-likeness (QED) is 0.822. The van der Waals surface area contributed by atoms with Gasteiger partial charge in [-0.05, 0) is 38.0 Å². The van der Waals surface area contributed by atoms with Gasteiger partial charge in [0.25, 0.3) is 0 Å². The Bertz CT molecular complexity index is 580. The summed E-state index contributed by atoms with van der Waals surface area (Å²) in [6.45, 7) is 5.26. The van der Waals surface area contributed by atoms with Crippen LogP contribution in [0, 0.1) is 19.7 Å². The minimum absolute atomic E-state index is 0.269. The first kappa shape index (κ1) is 14.5. The van der Waals surface area contributed by atoms with E-state index in [1.165, 1.54) is 6.07 Å². The maximum atomic E-state index is 13.9. The van der Waals surface area contributed by atoms with Gasteiger partial charge in [0.2, 0.25) is 5.95 Å². The molecule has 1 aromatic carbocycles. The van der Waals surface area contributed by atoms with Crippen molar-refractivity contribution in [1.82, 2.24) is 9.55 Å². The Hall–Kier alpha value is -1.88. The van der Waals surface area contributed by atoms with Crippen molar-refractivity contribution in [2.75, 3.05) is 19.0 Å². The number of halogens is 1. The molecule has 4 nitrogen and oxygen atoms in total. The topological polar surface area (TPSA) is 39.1 Å². The standard InChI is InChI=1S/C15H20FN3O/c1-11-5-6-14(13(16)9-11)18-15-17-12(2)10-19(15)7-4-8-20-3/h5-6,9-10H,4,7-8H2,1-3H3,(H,17,18). The van der Waals surface area contributed by atoms with Crippen molar-refractivity contribution in [1.29, 1.82) is 0 Å². The maximum Gasteiger partial charge on any atom is 0.207 e. The smallest absolute Gasteiger partial charge is 0.207 e. The number of ether oxygens (including phenoxy) is 1. The van der Waals surface area contributed by atoms with E-state index in [0.29, 0.717) is 18.2 Å². The van der Waals surface area contributed by atoms with Gasteiger partial charge in [-0.2, -0.15) is 0 Å². The SMILES string of the molecule is COCCCn1cc(C)nc1Nc1ccc(C)cc1F. The number of anilines is 2. The Balaban J connectivity index is 2.15. The van der Waals surface area contributed by atoms with E-state index >= 15 is 0 Å². The van der Waals surface area contributed by atoms with Crippen LogP contribution in [0.1, 0.15) is 17.7 Å². The zero-order valence-corrected chi connectivity index (χ0v) is 12.1. The highest BCUT2D eigenvalue weighted by Crippen LogP contribution is 2.21. The third kappa shape index (κ3) is 3.57. The number of aryl methyl sites for hydroxylation is 3. The fraction of sp³-hybridized carbons (Fsp3) is 0.400. The van der Waals surface area contributed by atoms with E-state index in [9.17, 15) is 4.39 Å². The molecule has 0 amide bonds. The van der Waals surface area contributed by atoms with Crippen LogP contribution in [0.3, 0.4) is 0 Å². The molecule has 2 aromatic rings. The van der Waals surface area contributed by atoms with Gasteiger partial charge in [-0.25, -0.2) is 9.37 Å². The molecule has 0 fully saturated rings. The number of nitrogens with zero attached hydrogens (tertiary/aromatic N) is 2.